The average molecular weight is 391 g/mol. The minimum absolute atomic E-state index is 0.198. The molecule has 1 amide bonds. The zero-order valence-electron chi connectivity index (χ0n) is 14.6. The van der Waals surface area contributed by atoms with Gasteiger partial charge in [0.25, 0.3) is 5.91 Å². The normalized spacial score (nSPS) is 10.6. The molecule has 0 spiro atoms. The molecule has 0 fully saturated rings. The molecule has 0 saturated heterocycles. The van der Waals surface area contributed by atoms with Crippen molar-refractivity contribution >= 4 is 40.1 Å². The lowest BCUT2D eigenvalue weighted by Gasteiger charge is -2.07. The Kier molecular flexibility index (Phi) is 4.83. The molecule has 0 aliphatic carbocycles. The van der Waals surface area contributed by atoms with Gasteiger partial charge >= 0.3 is 5.97 Å². The maximum absolute atomic E-state index is 12.4. The maximum Gasteiger partial charge on any atom is 0.361 e. The molecule has 0 bridgehead atoms. The summed E-state index contributed by atoms with van der Waals surface area (Å²) >= 11 is 6.28. The van der Waals surface area contributed by atoms with Crippen LogP contribution in [0.3, 0.4) is 0 Å². The SMILES string of the molecule is O=C(Nc1ccc(OC(=O)c2[nH]c3ccccc3c2Cl)cc1)c1ccccc1. The summed E-state index contributed by atoms with van der Waals surface area (Å²) in [6.07, 6.45) is 0. The smallest absolute Gasteiger partial charge is 0.361 e. The van der Waals surface area contributed by atoms with Crippen molar-refractivity contribution in [1.82, 2.24) is 4.98 Å². The molecular formula is C22H15ClN2O3. The number of ether oxygens (including phenoxy) is 1. The predicted molar refractivity (Wildman–Crippen MR) is 109 cm³/mol. The molecule has 4 aromatic rings. The number of esters is 1. The second-order valence-corrected chi connectivity index (χ2v) is 6.47. The Hall–Kier alpha value is -3.57. The molecule has 5 nitrogen and oxygen atoms in total. The van der Waals surface area contributed by atoms with E-state index in [0.717, 1.165) is 10.9 Å². The number of aromatic amines is 1. The number of H-pyrrole nitrogens is 1. The van der Waals surface area contributed by atoms with Gasteiger partial charge in [-0.25, -0.2) is 4.79 Å². The highest BCUT2D eigenvalue weighted by atomic mass is 35.5. The van der Waals surface area contributed by atoms with E-state index in [1.165, 1.54) is 0 Å². The van der Waals surface area contributed by atoms with Crippen molar-refractivity contribution in [3.8, 4) is 5.75 Å². The van der Waals surface area contributed by atoms with Crippen molar-refractivity contribution in [1.29, 1.82) is 0 Å². The van der Waals surface area contributed by atoms with Crippen molar-refractivity contribution in [3.05, 3.63) is 95.1 Å². The quantitative estimate of drug-likeness (QED) is 0.367. The van der Waals surface area contributed by atoms with E-state index in [2.05, 4.69) is 10.3 Å². The van der Waals surface area contributed by atoms with E-state index in [1.54, 1.807) is 48.5 Å². The topological polar surface area (TPSA) is 71.2 Å². The van der Waals surface area contributed by atoms with E-state index in [0.29, 0.717) is 22.0 Å². The Balaban J connectivity index is 1.46. The minimum Gasteiger partial charge on any atom is -0.422 e. The molecule has 0 aliphatic heterocycles. The van der Waals surface area contributed by atoms with E-state index in [1.807, 2.05) is 30.3 Å². The molecule has 0 saturated carbocycles. The lowest BCUT2D eigenvalue weighted by molar-refractivity contribution is 0.0729. The summed E-state index contributed by atoms with van der Waals surface area (Å²) in [4.78, 5) is 27.6. The van der Waals surface area contributed by atoms with Gasteiger partial charge in [0.05, 0.1) is 5.02 Å². The van der Waals surface area contributed by atoms with Crippen LogP contribution in [-0.4, -0.2) is 16.9 Å². The summed E-state index contributed by atoms with van der Waals surface area (Å²) in [5.74, 6) is -0.449. The molecule has 138 valence electrons. The second kappa shape index (κ2) is 7.58. The lowest BCUT2D eigenvalue weighted by atomic mass is 10.2. The summed E-state index contributed by atoms with van der Waals surface area (Å²) in [6.45, 7) is 0. The van der Waals surface area contributed by atoms with Crippen LogP contribution in [0.25, 0.3) is 10.9 Å². The zero-order chi connectivity index (χ0) is 19.5. The Morgan fingerprint density at radius 3 is 2.25 bits per heavy atom. The van der Waals surface area contributed by atoms with E-state index in [9.17, 15) is 9.59 Å². The third-order valence-electron chi connectivity index (χ3n) is 4.21. The van der Waals surface area contributed by atoms with Gasteiger partial charge in [-0.3, -0.25) is 4.79 Å². The van der Waals surface area contributed by atoms with Gasteiger partial charge in [0.1, 0.15) is 11.4 Å². The number of amides is 1. The van der Waals surface area contributed by atoms with Crippen LogP contribution in [0.5, 0.6) is 5.75 Å². The molecule has 1 heterocycles. The van der Waals surface area contributed by atoms with Gasteiger partial charge < -0.3 is 15.0 Å². The van der Waals surface area contributed by atoms with E-state index in [-0.39, 0.29) is 11.6 Å². The molecule has 0 atom stereocenters. The molecular weight excluding hydrogens is 376 g/mol. The molecule has 0 radical (unpaired) electrons. The number of carbonyl (C=O) groups is 2. The fraction of sp³-hybridized carbons (Fsp3) is 0. The lowest BCUT2D eigenvalue weighted by Crippen LogP contribution is -2.12. The molecule has 0 aliphatic rings. The zero-order valence-corrected chi connectivity index (χ0v) is 15.4. The number of nitrogens with one attached hydrogen (secondary N) is 2. The van der Waals surface area contributed by atoms with Crippen molar-refractivity contribution in [2.45, 2.75) is 0 Å². The van der Waals surface area contributed by atoms with Crippen LogP contribution >= 0.6 is 11.6 Å². The second-order valence-electron chi connectivity index (χ2n) is 6.09. The first-order chi connectivity index (χ1) is 13.6. The van der Waals surface area contributed by atoms with Gasteiger partial charge in [0.2, 0.25) is 0 Å². The summed E-state index contributed by atoms with van der Waals surface area (Å²) in [6, 6.07) is 22.8. The standard InChI is InChI=1S/C22H15ClN2O3/c23-19-17-8-4-5-9-18(17)25-20(19)22(27)28-16-12-10-15(11-13-16)24-21(26)14-6-2-1-3-7-14/h1-13,25H,(H,24,26). The third-order valence-corrected chi connectivity index (χ3v) is 4.60. The molecule has 4 rings (SSSR count). The van der Waals surface area contributed by atoms with E-state index >= 15 is 0 Å². The number of rotatable bonds is 4. The van der Waals surface area contributed by atoms with Gasteiger partial charge in [-0.1, -0.05) is 48.0 Å². The van der Waals surface area contributed by atoms with Crippen molar-refractivity contribution in [3.63, 3.8) is 0 Å². The number of hydrogen-bond acceptors (Lipinski definition) is 3. The van der Waals surface area contributed by atoms with Crippen LogP contribution in [0.4, 0.5) is 5.69 Å². The molecule has 28 heavy (non-hydrogen) atoms. The Morgan fingerprint density at radius 1 is 0.857 bits per heavy atom. The van der Waals surface area contributed by atoms with Crippen LogP contribution in [-0.2, 0) is 0 Å². The highest BCUT2D eigenvalue weighted by molar-refractivity contribution is 6.38. The third kappa shape index (κ3) is 3.61. The number of aromatic nitrogens is 1. The van der Waals surface area contributed by atoms with Crippen LogP contribution in [0.1, 0.15) is 20.8 Å². The Labute approximate surface area is 165 Å². The molecule has 0 unspecified atom stereocenters. The number of halogens is 1. The first kappa shape index (κ1) is 17.8. The van der Waals surface area contributed by atoms with E-state index < -0.39 is 5.97 Å². The summed E-state index contributed by atoms with van der Waals surface area (Å²) in [5.41, 5.74) is 2.12. The highest BCUT2D eigenvalue weighted by Crippen LogP contribution is 2.28. The average Bonchev–Trinajstić information content (AvgIpc) is 3.07. The summed E-state index contributed by atoms with van der Waals surface area (Å²) < 4.78 is 5.39. The Bertz CT molecular complexity index is 1150. The van der Waals surface area contributed by atoms with Gasteiger partial charge in [-0.2, -0.15) is 0 Å². The first-order valence-corrected chi connectivity index (χ1v) is 8.94. The number of benzene rings is 3. The molecule has 3 aromatic carbocycles. The molecule has 2 N–H and O–H groups in total. The minimum atomic E-state index is -0.581. The maximum atomic E-state index is 12.4. The fourth-order valence-electron chi connectivity index (χ4n) is 2.81. The van der Waals surface area contributed by atoms with Crippen molar-refractivity contribution in [2.24, 2.45) is 0 Å². The number of carbonyl (C=O) groups excluding carboxylic acids is 2. The van der Waals surface area contributed by atoms with Crippen LogP contribution in [0, 0.1) is 0 Å². The van der Waals surface area contributed by atoms with Gasteiger partial charge in [-0.15, -0.1) is 0 Å². The van der Waals surface area contributed by atoms with E-state index in [4.69, 9.17) is 16.3 Å². The van der Waals surface area contributed by atoms with Gasteiger partial charge in [0.15, 0.2) is 0 Å². The largest absolute Gasteiger partial charge is 0.422 e. The monoisotopic (exact) mass is 390 g/mol. The summed E-state index contributed by atoms with van der Waals surface area (Å²) in [5, 5.41) is 3.88. The first-order valence-electron chi connectivity index (χ1n) is 8.56. The van der Waals surface area contributed by atoms with Crippen LogP contribution < -0.4 is 10.1 Å². The van der Waals surface area contributed by atoms with Crippen LogP contribution in [0.15, 0.2) is 78.9 Å². The Morgan fingerprint density at radius 2 is 1.54 bits per heavy atom. The number of fused-ring (bicyclic) bond motifs is 1. The highest BCUT2D eigenvalue weighted by Gasteiger charge is 2.18. The molecule has 1 aromatic heterocycles. The number of anilines is 1. The fourth-order valence-corrected chi connectivity index (χ4v) is 3.09. The van der Waals surface area contributed by atoms with Gasteiger partial charge in [-0.05, 0) is 42.5 Å². The van der Waals surface area contributed by atoms with Crippen molar-refractivity contribution < 1.29 is 14.3 Å². The van der Waals surface area contributed by atoms with Crippen molar-refractivity contribution in [2.75, 3.05) is 5.32 Å². The van der Waals surface area contributed by atoms with Crippen LogP contribution in [0.2, 0.25) is 5.02 Å². The molecule has 6 heteroatoms. The predicted octanol–water partition coefficient (Wildman–Crippen LogP) is 5.29. The number of hydrogen-bond donors (Lipinski definition) is 2. The number of para-hydroxylation sites is 1. The summed E-state index contributed by atoms with van der Waals surface area (Å²) in [7, 11) is 0. The van der Waals surface area contributed by atoms with Gasteiger partial charge in [0, 0.05) is 22.2 Å².